The van der Waals surface area contributed by atoms with E-state index >= 15 is 0 Å². The second-order valence-electron chi connectivity index (χ2n) is 5.27. The third-order valence-corrected chi connectivity index (χ3v) is 3.73. The average molecular weight is 300 g/mol. The van der Waals surface area contributed by atoms with Gasteiger partial charge in [0.15, 0.2) is 0 Å². The molecule has 1 N–H and O–H groups in total. The van der Waals surface area contributed by atoms with E-state index in [0.717, 1.165) is 24.6 Å². The van der Waals surface area contributed by atoms with Crippen LogP contribution in [0.1, 0.15) is 0 Å². The highest BCUT2D eigenvalue weighted by molar-refractivity contribution is 5.86. The van der Waals surface area contributed by atoms with Crippen molar-refractivity contribution in [3.63, 3.8) is 0 Å². The van der Waals surface area contributed by atoms with Crippen LogP contribution in [0.5, 0.6) is 0 Å². The normalized spacial score (nSPS) is 17.0. The van der Waals surface area contributed by atoms with Crippen molar-refractivity contribution in [1.29, 1.82) is 0 Å². The molecule has 1 aliphatic heterocycles. The van der Waals surface area contributed by atoms with Gasteiger partial charge in [0, 0.05) is 37.3 Å². The monoisotopic (exact) mass is 300 g/mol. The Kier molecular flexibility index (Phi) is 3.91. The van der Waals surface area contributed by atoms with Crippen molar-refractivity contribution >= 4 is 17.4 Å². The first-order valence-electron chi connectivity index (χ1n) is 7.12. The Morgan fingerprint density at radius 1 is 1.36 bits per heavy atom. The number of amides is 1. The molecule has 0 radical (unpaired) electrons. The summed E-state index contributed by atoms with van der Waals surface area (Å²) < 4.78 is 15.0. The zero-order valence-corrected chi connectivity index (χ0v) is 12.1. The molecule has 0 bridgehead atoms. The minimum atomic E-state index is -0.260. The fraction of sp³-hybridized carbons (Fsp3) is 0.250. The molecular formula is C16H17FN4O. The van der Waals surface area contributed by atoms with Crippen LogP contribution in [0.15, 0.2) is 49.2 Å². The fourth-order valence-electron chi connectivity index (χ4n) is 2.65. The van der Waals surface area contributed by atoms with Crippen LogP contribution in [0, 0.1) is 11.7 Å². The summed E-state index contributed by atoms with van der Waals surface area (Å²) >= 11 is 0. The number of nitrogens with zero attached hydrogens (tertiary/aromatic N) is 3. The molecule has 22 heavy (non-hydrogen) atoms. The van der Waals surface area contributed by atoms with Crippen molar-refractivity contribution in [1.82, 2.24) is 15.1 Å². The molecule has 0 aliphatic carbocycles. The van der Waals surface area contributed by atoms with Gasteiger partial charge < -0.3 is 10.2 Å². The van der Waals surface area contributed by atoms with E-state index in [1.807, 2.05) is 10.7 Å². The number of fused-ring (bicyclic) bond motifs is 1. The van der Waals surface area contributed by atoms with E-state index in [2.05, 4.69) is 21.9 Å². The zero-order valence-electron chi connectivity index (χ0n) is 12.1. The molecule has 1 unspecified atom stereocenters. The van der Waals surface area contributed by atoms with Gasteiger partial charge in [-0.2, -0.15) is 5.10 Å². The van der Waals surface area contributed by atoms with Gasteiger partial charge in [0.2, 0.25) is 5.91 Å². The van der Waals surface area contributed by atoms with Crippen molar-refractivity contribution in [2.45, 2.75) is 6.54 Å². The fourth-order valence-corrected chi connectivity index (χ4v) is 2.65. The summed E-state index contributed by atoms with van der Waals surface area (Å²) in [6.07, 6.45) is 3.01. The molecule has 1 atom stereocenters. The Morgan fingerprint density at radius 2 is 2.14 bits per heavy atom. The molecule has 0 spiro atoms. The Bertz CT molecular complexity index is 680. The first-order valence-corrected chi connectivity index (χ1v) is 7.12. The van der Waals surface area contributed by atoms with Gasteiger partial charge in [-0.15, -0.1) is 0 Å². The maximum Gasteiger partial charge on any atom is 0.243 e. The van der Waals surface area contributed by atoms with Gasteiger partial charge in [-0.05, 0) is 30.3 Å². The molecule has 1 amide bonds. The maximum absolute atomic E-state index is 13.1. The molecule has 2 aromatic rings. The lowest BCUT2D eigenvalue weighted by Gasteiger charge is -2.34. The quantitative estimate of drug-likeness (QED) is 0.880. The predicted molar refractivity (Wildman–Crippen MR) is 82.3 cm³/mol. The SMILES string of the molecule is C=CC(=O)NCC1CN(c2ccc(F)cc2)c2ccnn2C1. The summed E-state index contributed by atoms with van der Waals surface area (Å²) in [5.41, 5.74) is 0.905. The van der Waals surface area contributed by atoms with Gasteiger partial charge in [0.1, 0.15) is 11.6 Å². The van der Waals surface area contributed by atoms with Gasteiger partial charge in [-0.1, -0.05) is 6.58 Å². The largest absolute Gasteiger partial charge is 0.352 e. The van der Waals surface area contributed by atoms with E-state index in [4.69, 9.17) is 0 Å². The van der Waals surface area contributed by atoms with E-state index in [-0.39, 0.29) is 17.6 Å². The molecule has 1 aliphatic rings. The first kappa shape index (κ1) is 14.3. The summed E-state index contributed by atoms with van der Waals surface area (Å²) in [7, 11) is 0. The summed E-state index contributed by atoms with van der Waals surface area (Å²) in [5.74, 6) is 0.739. The van der Waals surface area contributed by atoms with Crippen molar-refractivity contribution in [2.24, 2.45) is 5.92 Å². The number of aromatic nitrogens is 2. The molecule has 1 aromatic heterocycles. The molecule has 114 valence electrons. The summed E-state index contributed by atoms with van der Waals surface area (Å²) in [6, 6.07) is 8.31. The summed E-state index contributed by atoms with van der Waals surface area (Å²) in [5, 5.41) is 7.14. The smallest absolute Gasteiger partial charge is 0.243 e. The van der Waals surface area contributed by atoms with Crippen molar-refractivity contribution < 1.29 is 9.18 Å². The zero-order chi connectivity index (χ0) is 15.5. The van der Waals surface area contributed by atoms with Crippen molar-refractivity contribution in [3.8, 4) is 0 Å². The molecule has 0 fully saturated rings. The van der Waals surface area contributed by atoms with Gasteiger partial charge in [0.25, 0.3) is 0 Å². The maximum atomic E-state index is 13.1. The number of hydrogen-bond donors (Lipinski definition) is 1. The lowest BCUT2D eigenvalue weighted by atomic mass is 10.1. The third kappa shape index (κ3) is 2.86. The molecule has 1 aromatic carbocycles. The highest BCUT2D eigenvalue weighted by Gasteiger charge is 2.26. The Balaban J connectivity index is 1.81. The topological polar surface area (TPSA) is 50.2 Å². The number of carbonyl (C=O) groups is 1. The van der Waals surface area contributed by atoms with Crippen LogP contribution in [0.2, 0.25) is 0 Å². The third-order valence-electron chi connectivity index (χ3n) is 3.73. The minimum absolute atomic E-state index is 0.181. The number of anilines is 2. The van der Waals surface area contributed by atoms with E-state index in [9.17, 15) is 9.18 Å². The number of benzene rings is 1. The van der Waals surface area contributed by atoms with Crippen LogP contribution in [-0.2, 0) is 11.3 Å². The minimum Gasteiger partial charge on any atom is -0.352 e. The van der Waals surface area contributed by atoms with E-state index in [0.29, 0.717) is 6.54 Å². The van der Waals surface area contributed by atoms with E-state index in [1.54, 1.807) is 18.3 Å². The standard InChI is InChI=1S/C16H17FN4O/c1-2-15(22)18-9-12-10-20(14-5-3-13(17)4-6-14)16-7-8-19-21(16)11-12/h2-8,12H,1,9-11H2,(H,18,22). The predicted octanol–water partition coefficient (Wildman–Crippen LogP) is 2.09. The first-order chi connectivity index (χ1) is 10.7. The summed E-state index contributed by atoms with van der Waals surface area (Å²) in [6.45, 7) is 5.46. The van der Waals surface area contributed by atoms with Crippen LogP contribution in [0.3, 0.4) is 0 Å². The van der Waals surface area contributed by atoms with Crippen LogP contribution < -0.4 is 10.2 Å². The number of halogens is 1. The number of carbonyl (C=O) groups excluding carboxylic acids is 1. The molecule has 5 nitrogen and oxygen atoms in total. The second-order valence-corrected chi connectivity index (χ2v) is 5.27. The van der Waals surface area contributed by atoms with E-state index in [1.165, 1.54) is 18.2 Å². The van der Waals surface area contributed by atoms with Gasteiger partial charge in [-0.25, -0.2) is 9.07 Å². The number of nitrogens with one attached hydrogen (secondary N) is 1. The lowest BCUT2D eigenvalue weighted by molar-refractivity contribution is -0.116. The van der Waals surface area contributed by atoms with Gasteiger partial charge in [-0.3, -0.25) is 4.79 Å². The Labute approximate surface area is 128 Å². The Morgan fingerprint density at radius 3 is 2.86 bits per heavy atom. The van der Waals surface area contributed by atoms with Crippen LogP contribution in [-0.4, -0.2) is 28.8 Å². The van der Waals surface area contributed by atoms with E-state index < -0.39 is 0 Å². The number of rotatable bonds is 4. The average Bonchev–Trinajstić information content (AvgIpc) is 3.01. The highest BCUT2D eigenvalue weighted by Crippen LogP contribution is 2.30. The lowest BCUT2D eigenvalue weighted by Crippen LogP contribution is -2.41. The number of hydrogen-bond acceptors (Lipinski definition) is 3. The van der Waals surface area contributed by atoms with Crippen molar-refractivity contribution in [3.05, 3.63) is 55.0 Å². The molecule has 3 rings (SSSR count). The van der Waals surface area contributed by atoms with Gasteiger partial charge >= 0.3 is 0 Å². The second kappa shape index (κ2) is 6.01. The molecule has 6 heteroatoms. The Hall–Kier alpha value is -2.63. The molecule has 0 saturated heterocycles. The van der Waals surface area contributed by atoms with Crippen LogP contribution >= 0.6 is 0 Å². The molecular weight excluding hydrogens is 283 g/mol. The molecule has 0 saturated carbocycles. The van der Waals surface area contributed by atoms with Crippen LogP contribution in [0.25, 0.3) is 0 Å². The van der Waals surface area contributed by atoms with Gasteiger partial charge in [0.05, 0.1) is 6.20 Å². The molecule has 2 heterocycles. The van der Waals surface area contributed by atoms with Crippen LogP contribution in [0.4, 0.5) is 15.9 Å². The highest BCUT2D eigenvalue weighted by atomic mass is 19.1. The van der Waals surface area contributed by atoms with Crippen molar-refractivity contribution in [2.75, 3.05) is 18.0 Å². The summed E-state index contributed by atoms with van der Waals surface area (Å²) in [4.78, 5) is 13.4.